The van der Waals surface area contributed by atoms with Crippen molar-refractivity contribution in [3.63, 3.8) is 0 Å². The summed E-state index contributed by atoms with van der Waals surface area (Å²) in [5.74, 6) is -0.0125. The van der Waals surface area contributed by atoms with Gasteiger partial charge in [0.2, 0.25) is 5.91 Å². The Labute approximate surface area is 84.0 Å². The molecule has 1 aliphatic rings. The Morgan fingerprint density at radius 1 is 1.71 bits per heavy atom. The molecule has 2 N–H and O–H groups in total. The number of carbonyl (C=O) groups is 1. The van der Waals surface area contributed by atoms with Crippen molar-refractivity contribution in [2.45, 2.75) is 19.1 Å². The Bertz CT molecular complexity index is 184. The van der Waals surface area contributed by atoms with Gasteiger partial charge in [-0.05, 0) is 6.92 Å². The van der Waals surface area contributed by atoms with Crippen molar-refractivity contribution in [2.24, 2.45) is 0 Å². The van der Waals surface area contributed by atoms with Gasteiger partial charge in [0.1, 0.15) is 0 Å². The zero-order chi connectivity index (χ0) is 10.6. The lowest BCUT2D eigenvalue weighted by Crippen LogP contribution is -2.54. The molecule has 1 unspecified atom stereocenters. The van der Waals surface area contributed by atoms with Crippen molar-refractivity contribution in [1.82, 2.24) is 10.2 Å². The molecule has 0 saturated carbocycles. The summed E-state index contributed by atoms with van der Waals surface area (Å²) in [7, 11) is 1.61. The number of hydrogen-bond acceptors (Lipinski definition) is 4. The molecule has 5 heteroatoms. The molecule has 0 aromatic carbocycles. The average Bonchev–Trinajstić information content (AvgIpc) is 2.01. The van der Waals surface area contributed by atoms with Crippen LogP contribution in [0, 0.1) is 0 Å². The summed E-state index contributed by atoms with van der Waals surface area (Å²) in [5, 5.41) is 11.8. The third-order valence-electron chi connectivity index (χ3n) is 2.13. The van der Waals surface area contributed by atoms with E-state index in [0.717, 1.165) is 0 Å². The highest BCUT2D eigenvalue weighted by Gasteiger charge is 2.25. The normalized spacial score (nSPS) is 20.2. The number of amides is 1. The third kappa shape index (κ3) is 3.61. The van der Waals surface area contributed by atoms with E-state index in [1.54, 1.807) is 7.11 Å². The third-order valence-corrected chi connectivity index (χ3v) is 2.13. The molecule has 1 amide bonds. The lowest BCUT2D eigenvalue weighted by atomic mass is 10.2. The SMILES string of the molecule is COCC(C)NC(=O)CN1CC(O)C1. The maximum absolute atomic E-state index is 11.3. The van der Waals surface area contributed by atoms with Crippen molar-refractivity contribution in [2.75, 3.05) is 33.4 Å². The number of rotatable bonds is 5. The van der Waals surface area contributed by atoms with E-state index in [0.29, 0.717) is 26.2 Å². The van der Waals surface area contributed by atoms with E-state index < -0.39 is 0 Å². The first-order valence-electron chi connectivity index (χ1n) is 4.80. The molecule has 0 bridgehead atoms. The Balaban J connectivity index is 2.09. The highest BCUT2D eigenvalue weighted by Crippen LogP contribution is 2.05. The van der Waals surface area contributed by atoms with Crippen molar-refractivity contribution >= 4 is 5.91 Å². The summed E-state index contributed by atoms with van der Waals surface area (Å²) in [6.45, 7) is 3.99. The van der Waals surface area contributed by atoms with Crippen molar-refractivity contribution in [3.8, 4) is 0 Å². The van der Waals surface area contributed by atoms with Gasteiger partial charge in [0.15, 0.2) is 0 Å². The second-order valence-corrected chi connectivity index (χ2v) is 3.77. The van der Waals surface area contributed by atoms with E-state index in [1.807, 2.05) is 11.8 Å². The van der Waals surface area contributed by atoms with Crippen LogP contribution in [0.2, 0.25) is 0 Å². The molecule has 1 atom stereocenters. The molecule has 1 saturated heterocycles. The number of methoxy groups -OCH3 is 1. The van der Waals surface area contributed by atoms with Gasteiger partial charge in [-0.25, -0.2) is 0 Å². The quantitative estimate of drug-likeness (QED) is 0.589. The minimum absolute atomic E-state index is 0.0125. The molecule has 0 aromatic heterocycles. The van der Waals surface area contributed by atoms with Gasteiger partial charge in [0.25, 0.3) is 0 Å². The van der Waals surface area contributed by atoms with E-state index in [2.05, 4.69) is 5.32 Å². The molecule has 1 rings (SSSR count). The van der Waals surface area contributed by atoms with E-state index >= 15 is 0 Å². The number of hydrogen-bond donors (Lipinski definition) is 2. The van der Waals surface area contributed by atoms with Gasteiger partial charge in [0.05, 0.1) is 19.3 Å². The second-order valence-electron chi connectivity index (χ2n) is 3.77. The summed E-state index contributed by atoms with van der Waals surface area (Å²) in [4.78, 5) is 13.3. The number of ether oxygens (including phenoxy) is 1. The molecule has 0 aromatic rings. The van der Waals surface area contributed by atoms with Crippen molar-refractivity contribution < 1.29 is 14.6 Å². The number of nitrogens with one attached hydrogen (secondary N) is 1. The van der Waals surface area contributed by atoms with Crippen molar-refractivity contribution in [3.05, 3.63) is 0 Å². The van der Waals surface area contributed by atoms with Gasteiger partial charge in [-0.2, -0.15) is 0 Å². The van der Waals surface area contributed by atoms with Crippen LogP contribution in [-0.4, -0.2) is 61.4 Å². The zero-order valence-corrected chi connectivity index (χ0v) is 8.69. The summed E-state index contributed by atoms with van der Waals surface area (Å²) in [5.41, 5.74) is 0. The lowest BCUT2D eigenvalue weighted by Gasteiger charge is -2.35. The highest BCUT2D eigenvalue weighted by atomic mass is 16.5. The Morgan fingerprint density at radius 3 is 2.86 bits per heavy atom. The first-order valence-corrected chi connectivity index (χ1v) is 4.80. The first kappa shape index (κ1) is 11.4. The predicted octanol–water partition coefficient (Wildman–Crippen LogP) is -1.19. The van der Waals surface area contributed by atoms with Crippen LogP contribution in [-0.2, 0) is 9.53 Å². The number of aliphatic hydroxyl groups excluding tert-OH is 1. The average molecular weight is 202 g/mol. The van der Waals surface area contributed by atoms with Crippen LogP contribution < -0.4 is 5.32 Å². The minimum Gasteiger partial charge on any atom is -0.390 e. The van der Waals surface area contributed by atoms with Gasteiger partial charge in [-0.15, -0.1) is 0 Å². The summed E-state index contributed by atoms with van der Waals surface area (Å²) in [6.07, 6.45) is -0.251. The predicted molar refractivity (Wildman–Crippen MR) is 51.9 cm³/mol. The van der Waals surface area contributed by atoms with Crippen LogP contribution >= 0.6 is 0 Å². The number of nitrogens with zero attached hydrogens (tertiary/aromatic N) is 1. The molecule has 1 fully saturated rings. The molecular formula is C9H18N2O3. The molecule has 82 valence electrons. The number of aliphatic hydroxyl groups is 1. The minimum atomic E-state index is -0.251. The Kier molecular flexibility index (Phi) is 4.31. The fourth-order valence-electron chi connectivity index (χ4n) is 1.49. The van der Waals surface area contributed by atoms with Crippen LogP contribution in [0.4, 0.5) is 0 Å². The summed E-state index contributed by atoms with van der Waals surface area (Å²) < 4.78 is 4.90. The monoisotopic (exact) mass is 202 g/mol. The second kappa shape index (κ2) is 5.29. The van der Waals surface area contributed by atoms with E-state index in [4.69, 9.17) is 9.84 Å². The van der Waals surface area contributed by atoms with Crippen LogP contribution in [0.15, 0.2) is 0 Å². The van der Waals surface area contributed by atoms with Crippen LogP contribution in [0.3, 0.4) is 0 Å². The van der Waals surface area contributed by atoms with Crippen LogP contribution in [0.25, 0.3) is 0 Å². The highest BCUT2D eigenvalue weighted by molar-refractivity contribution is 5.78. The van der Waals surface area contributed by atoms with Gasteiger partial charge >= 0.3 is 0 Å². The molecule has 5 nitrogen and oxygen atoms in total. The van der Waals surface area contributed by atoms with Gasteiger partial charge < -0.3 is 15.2 Å². The molecule has 0 radical (unpaired) electrons. The topological polar surface area (TPSA) is 61.8 Å². The van der Waals surface area contributed by atoms with E-state index in [-0.39, 0.29) is 18.1 Å². The standard InChI is InChI=1S/C9H18N2O3/c1-7(6-14-2)10-9(13)5-11-3-8(12)4-11/h7-8,12H,3-6H2,1-2H3,(H,10,13). The van der Waals surface area contributed by atoms with E-state index in [9.17, 15) is 4.79 Å². The van der Waals surface area contributed by atoms with Crippen LogP contribution in [0.5, 0.6) is 0 Å². The smallest absolute Gasteiger partial charge is 0.234 e. The summed E-state index contributed by atoms with van der Waals surface area (Å²) in [6, 6.07) is 0.0405. The fourth-order valence-corrected chi connectivity index (χ4v) is 1.49. The zero-order valence-electron chi connectivity index (χ0n) is 8.69. The molecule has 0 spiro atoms. The maximum Gasteiger partial charge on any atom is 0.234 e. The fraction of sp³-hybridized carbons (Fsp3) is 0.889. The molecule has 1 aliphatic heterocycles. The lowest BCUT2D eigenvalue weighted by molar-refractivity contribution is -0.125. The number of carbonyl (C=O) groups excluding carboxylic acids is 1. The number of likely N-dealkylation sites (tertiary alicyclic amines) is 1. The van der Waals surface area contributed by atoms with Crippen LogP contribution in [0.1, 0.15) is 6.92 Å². The Hall–Kier alpha value is -0.650. The van der Waals surface area contributed by atoms with E-state index in [1.165, 1.54) is 0 Å². The largest absolute Gasteiger partial charge is 0.390 e. The first-order chi connectivity index (χ1) is 6.61. The Morgan fingerprint density at radius 2 is 2.36 bits per heavy atom. The van der Waals surface area contributed by atoms with Gasteiger partial charge in [-0.1, -0.05) is 0 Å². The molecular weight excluding hydrogens is 184 g/mol. The van der Waals surface area contributed by atoms with Gasteiger partial charge in [0, 0.05) is 26.2 Å². The molecule has 1 heterocycles. The van der Waals surface area contributed by atoms with Gasteiger partial charge in [-0.3, -0.25) is 9.69 Å². The van der Waals surface area contributed by atoms with Crippen molar-refractivity contribution in [1.29, 1.82) is 0 Å². The molecule has 14 heavy (non-hydrogen) atoms. The molecule has 0 aliphatic carbocycles. The maximum atomic E-state index is 11.3. The number of β-amino-alcohol motifs (C(OH)–C–C–N with tert-alkyl or cyclic N) is 1. The summed E-state index contributed by atoms with van der Waals surface area (Å²) >= 11 is 0.